The van der Waals surface area contributed by atoms with Crippen molar-refractivity contribution in [3.63, 3.8) is 0 Å². The second kappa shape index (κ2) is 5.33. The number of benzene rings is 1. The molecule has 8 heteroatoms. The molecule has 0 radical (unpaired) electrons. The summed E-state index contributed by atoms with van der Waals surface area (Å²) in [5.74, 6) is -0.686. The van der Waals surface area contributed by atoms with Crippen LogP contribution in [-0.4, -0.2) is 32.8 Å². The van der Waals surface area contributed by atoms with Gasteiger partial charge in [0.05, 0.1) is 12.8 Å². The van der Waals surface area contributed by atoms with Crippen LogP contribution >= 0.6 is 23.8 Å². The summed E-state index contributed by atoms with van der Waals surface area (Å²) in [4.78, 5) is 15.3. The molecule has 0 spiro atoms. The van der Waals surface area contributed by atoms with Gasteiger partial charge in [-0.1, -0.05) is 23.8 Å². The van der Waals surface area contributed by atoms with E-state index in [9.17, 15) is 4.79 Å². The molecule has 1 heterocycles. The van der Waals surface area contributed by atoms with Gasteiger partial charge in [0, 0.05) is 10.6 Å². The maximum atomic E-state index is 11.3. The van der Waals surface area contributed by atoms with Crippen molar-refractivity contribution in [3.05, 3.63) is 40.9 Å². The second-order valence-corrected chi connectivity index (χ2v) is 4.41. The first kappa shape index (κ1) is 13.4. The Morgan fingerprint density at radius 1 is 1.53 bits per heavy atom. The van der Waals surface area contributed by atoms with E-state index < -0.39 is 5.97 Å². The van der Waals surface area contributed by atoms with Gasteiger partial charge in [-0.3, -0.25) is 0 Å². The highest BCUT2D eigenvalue weighted by Crippen LogP contribution is 2.19. The number of hydrogen-bond acceptors (Lipinski definition) is 5. The molecule has 0 aliphatic heterocycles. The minimum Gasteiger partial charge on any atom is -0.463 e. The quantitative estimate of drug-likeness (QED) is 0.680. The fraction of sp³-hybridized carbons (Fsp3) is 0.0909. The first-order valence-corrected chi connectivity index (χ1v) is 5.91. The van der Waals surface area contributed by atoms with Gasteiger partial charge in [0.2, 0.25) is 0 Å². The molecule has 98 valence electrons. The molecule has 1 aromatic heterocycles. The molecule has 2 aromatic rings. The number of aromatic nitrogens is 3. The lowest BCUT2D eigenvalue weighted by Crippen LogP contribution is -2.14. The molecule has 0 aliphatic rings. The summed E-state index contributed by atoms with van der Waals surface area (Å²) in [6.45, 7) is 0. The Morgan fingerprint density at radius 2 is 2.26 bits per heavy atom. The number of methoxy groups -OCH3 is 1. The minimum absolute atomic E-state index is 0.0589. The molecule has 0 fully saturated rings. The van der Waals surface area contributed by atoms with E-state index in [2.05, 4.69) is 14.8 Å². The number of esters is 1. The standard InChI is InChI=1S/C11H9ClN4O2S/c1-18-11(17)10-14-5-16(15-10)8-4-6(12)2-3-7(8)9(13)19/h2-5H,1H3,(H2,13,19). The molecule has 2 rings (SSSR count). The van der Waals surface area contributed by atoms with Crippen LogP contribution in [-0.2, 0) is 4.74 Å². The van der Waals surface area contributed by atoms with Crippen molar-refractivity contribution in [1.82, 2.24) is 14.8 Å². The van der Waals surface area contributed by atoms with Gasteiger partial charge in [-0.25, -0.2) is 14.5 Å². The number of halogens is 1. The van der Waals surface area contributed by atoms with E-state index in [-0.39, 0.29) is 10.8 Å². The molecule has 1 aromatic carbocycles. The second-order valence-electron chi connectivity index (χ2n) is 3.53. The Labute approximate surface area is 119 Å². The summed E-state index contributed by atoms with van der Waals surface area (Å²) in [6, 6.07) is 4.98. The lowest BCUT2D eigenvalue weighted by Gasteiger charge is -2.07. The Morgan fingerprint density at radius 3 is 2.89 bits per heavy atom. The average molecular weight is 297 g/mol. The van der Waals surface area contributed by atoms with E-state index in [4.69, 9.17) is 29.6 Å². The smallest absolute Gasteiger partial charge is 0.377 e. The third-order valence-corrected chi connectivity index (χ3v) is 2.79. The molecule has 19 heavy (non-hydrogen) atoms. The maximum Gasteiger partial charge on any atom is 0.377 e. The van der Waals surface area contributed by atoms with Crippen molar-refractivity contribution in [2.24, 2.45) is 5.73 Å². The average Bonchev–Trinajstić information content (AvgIpc) is 2.86. The summed E-state index contributed by atoms with van der Waals surface area (Å²) in [5, 5.41) is 4.48. The zero-order valence-corrected chi connectivity index (χ0v) is 11.4. The predicted octanol–water partition coefficient (Wildman–Crippen LogP) is 1.34. The highest BCUT2D eigenvalue weighted by atomic mass is 35.5. The Hall–Kier alpha value is -1.99. The number of nitrogens with two attached hydrogens (primary N) is 1. The molecule has 0 amide bonds. The number of carbonyl (C=O) groups is 1. The maximum absolute atomic E-state index is 11.3. The van der Waals surface area contributed by atoms with Crippen molar-refractivity contribution < 1.29 is 9.53 Å². The number of rotatable bonds is 3. The molecular formula is C11H9ClN4O2S. The van der Waals surface area contributed by atoms with Gasteiger partial charge in [0.15, 0.2) is 0 Å². The summed E-state index contributed by atoms with van der Waals surface area (Å²) >= 11 is 10.9. The van der Waals surface area contributed by atoms with Crippen molar-refractivity contribution >= 4 is 34.8 Å². The highest BCUT2D eigenvalue weighted by molar-refractivity contribution is 7.80. The number of hydrogen-bond donors (Lipinski definition) is 1. The van der Waals surface area contributed by atoms with Crippen molar-refractivity contribution in [2.75, 3.05) is 7.11 Å². The van der Waals surface area contributed by atoms with Crippen LogP contribution in [0.25, 0.3) is 5.69 Å². The van der Waals surface area contributed by atoms with E-state index in [1.54, 1.807) is 18.2 Å². The van der Waals surface area contributed by atoms with Crippen LogP contribution in [0.5, 0.6) is 0 Å². The van der Waals surface area contributed by atoms with Crippen LogP contribution in [0.15, 0.2) is 24.5 Å². The van der Waals surface area contributed by atoms with Crippen LogP contribution in [0.2, 0.25) is 5.02 Å². The van der Waals surface area contributed by atoms with Crippen LogP contribution in [0, 0.1) is 0 Å². The zero-order chi connectivity index (χ0) is 14.0. The van der Waals surface area contributed by atoms with Crippen molar-refractivity contribution in [2.45, 2.75) is 0 Å². The number of carbonyl (C=O) groups excluding carboxylic acids is 1. The minimum atomic E-state index is -0.627. The Bertz CT molecular complexity index is 656. The van der Waals surface area contributed by atoms with Gasteiger partial charge in [0.25, 0.3) is 5.82 Å². The topological polar surface area (TPSA) is 83.0 Å². The van der Waals surface area contributed by atoms with Crippen LogP contribution in [0.3, 0.4) is 0 Å². The number of ether oxygens (including phenoxy) is 1. The number of nitrogens with zero attached hydrogens (tertiary/aromatic N) is 3. The van der Waals surface area contributed by atoms with Gasteiger partial charge in [-0.15, -0.1) is 5.10 Å². The largest absolute Gasteiger partial charge is 0.463 e. The third kappa shape index (κ3) is 2.72. The van der Waals surface area contributed by atoms with E-state index in [1.807, 2.05) is 0 Å². The van der Waals surface area contributed by atoms with Gasteiger partial charge < -0.3 is 10.5 Å². The lowest BCUT2D eigenvalue weighted by molar-refractivity contribution is 0.0587. The highest BCUT2D eigenvalue weighted by Gasteiger charge is 2.14. The zero-order valence-electron chi connectivity index (χ0n) is 9.83. The van der Waals surface area contributed by atoms with E-state index in [0.29, 0.717) is 16.3 Å². The number of thiocarbonyl (C=S) groups is 1. The summed E-state index contributed by atoms with van der Waals surface area (Å²) in [5.41, 5.74) is 6.76. The molecule has 0 saturated carbocycles. The molecule has 0 aliphatic carbocycles. The Kier molecular flexibility index (Phi) is 3.77. The predicted molar refractivity (Wildman–Crippen MR) is 73.6 cm³/mol. The van der Waals surface area contributed by atoms with Crippen molar-refractivity contribution in [3.8, 4) is 5.69 Å². The Balaban J connectivity index is 2.52. The molecular weight excluding hydrogens is 288 g/mol. The fourth-order valence-corrected chi connectivity index (χ4v) is 1.81. The molecule has 0 atom stereocenters. The van der Waals surface area contributed by atoms with Crippen molar-refractivity contribution in [1.29, 1.82) is 0 Å². The monoisotopic (exact) mass is 296 g/mol. The fourth-order valence-electron chi connectivity index (χ4n) is 1.47. The van der Waals surface area contributed by atoms with Crippen LogP contribution in [0.1, 0.15) is 16.2 Å². The SMILES string of the molecule is COC(=O)c1ncn(-c2cc(Cl)ccc2C(N)=S)n1. The van der Waals surface area contributed by atoms with Crippen LogP contribution in [0.4, 0.5) is 0 Å². The summed E-state index contributed by atoms with van der Waals surface area (Å²) in [6.07, 6.45) is 1.36. The van der Waals surface area contributed by atoms with Crippen LogP contribution < -0.4 is 5.73 Å². The van der Waals surface area contributed by atoms with Gasteiger partial charge >= 0.3 is 5.97 Å². The van der Waals surface area contributed by atoms with E-state index >= 15 is 0 Å². The van der Waals surface area contributed by atoms with E-state index in [1.165, 1.54) is 18.1 Å². The van der Waals surface area contributed by atoms with Gasteiger partial charge in [-0.05, 0) is 18.2 Å². The normalized spacial score (nSPS) is 10.2. The summed E-state index contributed by atoms with van der Waals surface area (Å²) in [7, 11) is 1.25. The third-order valence-electron chi connectivity index (χ3n) is 2.33. The molecule has 0 saturated heterocycles. The molecule has 0 unspecified atom stereocenters. The first-order chi connectivity index (χ1) is 9.02. The lowest BCUT2D eigenvalue weighted by atomic mass is 10.2. The van der Waals surface area contributed by atoms with E-state index in [0.717, 1.165) is 0 Å². The molecule has 0 bridgehead atoms. The first-order valence-electron chi connectivity index (χ1n) is 5.12. The molecule has 2 N–H and O–H groups in total. The molecule has 6 nitrogen and oxygen atoms in total. The van der Waals surface area contributed by atoms with Gasteiger partial charge in [0.1, 0.15) is 11.3 Å². The van der Waals surface area contributed by atoms with Gasteiger partial charge in [-0.2, -0.15) is 0 Å². The summed E-state index contributed by atoms with van der Waals surface area (Å²) < 4.78 is 5.90.